The second kappa shape index (κ2) is 11.7. The Labute approximate surface area is 238 Å². The summed E-state index contributed by atoms with van der Waals surface area (Å²) in [4.78, 5) is 48.9. The van der Waals surface area contributed by atoms with Crippen molar-refractivity contribution in [3.63, 3.8) is 0 Å². The van der Waals surface area contributed by atoms with E-state index in [-0.39, 0.29) is 0 Å². The molecule has 0 radical (unpaired) electrons. The molecule has 3 aromatic carbocycles. The van der Waals surface area contributed by atoms with E-state index in [9.17, 15) is 14.4 Å². The normalized spacial score (nSPS) is 14.7. The third-order valence-corrected chi connectivity index (χ3v) is 7.37. The average Bonchev–Trinajstić information content (AvgIpc) is 3.31. The lowest BCUT2D eigenvalue weighted by Gasteiger charge is -2.33. The molecule has 1 aliphatic heterocycles. The molecule has 1 aromatic heterocycles. The van der Waals surface area contributed by atoms with Crippen molar-refractivity contribution < 1.29 is 23.9 Å². The molecule has 0 unspecified atom stereocenters. The van der Waals surface area contributed by atoms with Crippen molar-refractivity contribution in [3.05, 3.63) is 95.2 Å². The number of hydrogen-bond donors (Lipinski definition) is 1. The van der Waals surface area contributed by atoms with E-state index in [4.69, 9.17) is 14.5 Å². The van der Waals surface area contributed by atoms with Gasteiger partial charge in [-0.3, -0.25) is 24.4 Å². The van der Waals surface area contributed by atoms with E-state index in [1.165, 1.54) is 14.1 Å². The minimum atomic E-state index is -1.22. The van der Waals surface area contributed by atoms with Gasteiger partial charge in [0.2, 0.25) is 11.8 Å². The monoisotopic (exact) mass is 552 g/mol. The number of rotatable bonds is 9. The summed E-state index contributed by atoms with van der Waals surface area (Å²) in [5, 5.41) is 1.03. The SMILES string of the molecule is COc1ccc(C(=NCCc2c(C)[nH]c3ccc(OCc4ccccc4)cc23)C2C(=O)N(C)C(=O)N(C)C2=O)cc1. The van der Waals surface area contributed by atoms with Gasteiger partial charge in [0.1, 0.15) is 18.1 Å². The van der Waals surface area contributed by atoms with Gasteiger partial charge in [0.05, 0.1) is 12.8 Å². The van der Waals surface area contributed by atoms with Gasteiger partial charge < -0.3 is 14.5 Å². The molecule has 9 heteroatoms. The number of urea groups is 1. The zero-order valence-corrected chi connectivity index (χ0v) is 23.5. The Morgan fingerprint density at radius 3 is 2.22 bits per heavy atom. The summed E-state index contributed by atoms with van der Waals surface area (Å²) in [7, 11) is 4.31. The number of methoxy groups -OCH3 is 1. The molecular formula is C32H32N4O5. The van der Waals surface area contributed by atoms with E-state index >= 15 is 0 Å². The van der Waals surface area contributed by atoms with Crippen LogP contribution in [-0.4, -0.2) is 66.1 Å². The average molecular weight is 553 g/mol. The topological polar surface area (TPSA) is 104 Å². The zero-order chi connectivity index (χ0) is 29.1. The van der Waals surface area contributed by atoms with Gasteiger partial charge in [-0.25, -0.2) is 4.79 Å². The van der Waals surface area contributed by atoms with Gasteiger partial charge in [0.25, 0.3) is 0 Å². The van der Waals surface area contributed by atoms with Gasteiger partial charge in [-0.15, -0.1) is 0 Å². The van der Waals surface area contributed by atoms with Crippen molar-refractivity contribution in [2.45, 2.75) is 20.0 Å². The van der Waals surface area contributed by atoms with E-state index < -0.39 is 23.8 Å². The van der Waals surface area contributed by atoms with E-state index in [0.29, 0.717) is 36.6 Å². The number of hydrogen-bond acceptors (Lipinski definition) is 6. The summed E-state index contributed by atoms with van der Waals surface area (Å²) in [6, 6.07) is 22.3. The van der Waals surface area contributed by atoms with Gasteiger partial charge in [-0.1, -0.05) is 30.3 Å². The van der Waals surface area contributed by atoms with Crippen LogP contribution in [0.4, 0.5) is 4.79 Å². The summed E-state index contributed by atoms with van der Waals surface area (Å²) >= 11 is 0. The molecule has 41 heavy (non-hydrogen) atoms. The van der Waals surface area contributed by atoms with Crippen molar-refractivity contribution in [2.75, 3.05) is 27.7 Å². The van der Waals surface area contributed by atoms with Crippen LogP contribution in [0.15, 0.2) is 77.8 Å². The van der Waals surface area contributed by atoms with Crippen molar-refractivity contribution in [3.8, 4) is 11.5 Å². The number of carbonyl (C=O) groups excluding carboxylic acids is 3. The maximum absolute atomic E-state index is 13.2. The van der Waals surface area contributed by atoms with Crippen LogP contribution in [0.25, 0.3) is 10.9 Å². The van der Waals surface area contributed by atoms with Crippen molar-refractivity contribution in [1.29, 1.82) is 0 Å². The van der Waals surface area contributed by atoms with Gasteiger partial charge in [-0.05, 0) is 72.5 Å². The fourth-order valence-corrected chi connectivity index (χ4v) is 5.05. The number of H-pyrrole nitrogens is 1. The first-order chi connectivity index (χ1) is 19.8. The molecule has 0 spiro atoms. The van der Waals surface area contributed by atoms with Crippen LogP contribution in [-0.2, 0) is 22.6 Å². The molecule has 1 saturated heterocycles. The lowest BCUT2D eigenvalue weighted by Crippen LogP contribution is -2.59. The number of nitrogens with zero attached hydrogens (tertiary/aromatic N) is 3. The summed E-state index contributed by atoms with van der Waals surface area (Å²) in [5.74, 6) is -1.03. The van der Waals surface area contributed by atoms with Crippen LogP contribution in [0, 0.1) is 12.8 Å². The minimum Gasteiger partial charge on any atom is -0.497 e. The highest BCUT2D eigenvalue weighted by molar-refractivity contribution is 6.30. The Balaban J connectivity index is 1.43. The molecule has 4 aromatic rings. The maximum atomic E-state index is 13.2. The molecule has 1 aliphatic rings. The molecule has 0 atom stereocenters. The van der Waals surface area contributed by atoms with Crippen LogP contribution in [0.2, 0.25) is 0 Å². The lowest BCUT2D eigenvalue weighted by molar-refractivity contribution is -0.144. The zero-order valence-electron chi connectivity index (χ0n) is 23.5. The number of aliphatic imine (C=N–C) groups is 1. The third kappa shape index (κ3) is 5.56. The largest absolute Gasteiger partial charge is 0.497 e. The number of imide groups is 2. The smallest absolute Gasteiger partial charge is 0.332 e. The molecule has 0 saturated carbocycles. The standard InChI is InChI=1S/C32H32N4O5/c1-20-25(26-18-24(14-15-27(26)34-20)41-19-21-8-6-5-7-9-21)16-17-33-29(22-10-12-23(40-4)13-11-22)28-30(37)35(2)32(39)36(3)31(28)38/h5-15,18,28,34H,16-17,19H2,1-4H3. The van der Waals surface area contributed by atoms with Crippen LogP contribution in [0.1, 0.15) is 22.4 Å². The number of fused-ring (bicyclic) bond motifs is 1. The molecule has 5 rings (SSSR count). The van der Waals surface area contributed by atoms with E-state index in [0.717, 1.165) is 43.3 Å². The highest BCUT2D eigenvalue weighted by Crippen LogP contribution is 2.28. The van der Waals surface area contributed by atoms with Crippen LogP contribution in [0.3, 0.4) is 0 Å². The number of aromatic amines is 1. The summed E-state index contributed by atoms with van der Waals surface area (Å²) < 4.78 is 11.3. The first-order valence-corrected chi connectivity index (χ1v) is 13.3. The summed E-state index contributed by atoms with van der Waals surface area (Å²) in [5.41, 5.74) is 5.09. The number of nitrogens with one attached hydrogen (secondary N) is 1. The maximum Gasteiger partial charge on any atom is 0.332 e. The van der Waals surface area contributed by atoms with E-state index in [1.807, 2.05) is 55.5 Å². The predicted molar refractivity (Wildman–Crippen MR) is 156 cm³/mol. The van der Waals surface area contributed by atoms with Gasteiger partial charge in [-0.2, -0.15) is 0 Å². The summed E-state index contributed by atoms with van der Waals surface area (Å²) in [6.45, 7) is 2.80. The van der Waals surface area contributed by atoms with E-state index in [1.54, 1.807) is 31.4 Å². The van der Waals surface area contributed by atoms with Crippen molar-refractivity contribution in [2.24, 2.45) is 10.9 Å². The predicted octanol–water partition coefficient (Wildman–Crippen LogP) is 4.76. The van der Waals surface area contributed by atoms with Crippen LogP contribution >= 0.6 is 0 Å². The highest BCUT2D eigenvalue weighted by atomic mass is 16.5. The van der Waals surface area contributed by atoms with Gasteiger partial charge in [0.15, 0.2) is 5.92 Å². The first-order valence-electron chi connectivity index (χ1n) is 13.3. The number of aromatic nitrogens is 1. The third-order valence-electron chi connectivity index (χ3n) is 7.37. The number of aryl methyl sites for hydroxylation is 1. The quantitative estimate of drug-likeness (QED) is 0.238. The minimum absolute atomic E-state index is 0.318. The number of benzene rings is 3. The Morgan fingerprint density at radius 2 is 1.56 bits per heavy atom. The Kier molecular flexibility index (Phi) is 7.87. The van der Waals surface area contributed by atoms with Crippen molar-refractivity contribution in [1.82, 2.24) is 14.8 Å². The van der Waals surface area contributed by atoms with Crippen LogP contribution in [0.5, 0.6) is 11.5 Å². The summed E-state index contributed by atoms with van der Waals surface area (Å²) in [6.07, 6.45) is 0.563. The second-order valence-electron chi connectivity index (χ2n) is 9.97. The molecule has 9 nitrogen and oxygen atoms in total. The molecule has 2 heterocycles. The number of amides is 4. The van der Waals surface area contributed by atoms with E-state index in [2.05, 4.69) is 4.98 Å². The molecular weight excluding hydrogens is 520 g/mol. The first kappa shape index (κ1) is 27.6. The Hall–Kier alpha value is -4.92. The lowest BCUT2D eigenvalue weighted by atomic mass is 9.92. The van der Waals surface area contributed by atoms with Crippen molar-refractivity contribution >= 4 is 34.5 Å². The highest BCUT2D eigenvalue weighted by Gasteiger charge is 2.45. The fourth-order valence-electron chi connectivity index (χ4n) is 5.05. The van der Waals surface area contributed by atoms with Gasteiger partial charge in [0, 0.05) is 37.2 Å². The van der Waals surface area contributed by atoms with Gasteiger partial charge >= 0.3 is 6.03 Å². The molecule has 210 valence electrons. The molecule has 1 fully saturated rings. The molecule has 0 bridgehead atoms. The molecule has 1 N–H and O–H groups in total. The fraction of sp³-hybridized carbons (Fsp3) is 0.250. The number of ether oxygens (including phenoxy) is 2. The number of carbonyl (C=O) groups is 3. The molecule has 0 aliphatic carbocycles. The van der Waals surface area contributed by atoms with Crippen LogP contribution < -0.4 is 9.47 Å². The Bertz CT molecular complexity index is 1600. The Morgan fingerprint density at radius 1 is 0.902 bits per heavy atom. The number of barbiturate groups is 1. The second-order valence-corrected chi connectivity index (χ2v) is 9.97. The molecule has 4 amide bonds.